The van der Waals surface area contributed by atoms with Gasteiger partial charge >= 0.3 is 6.01 Å². The third kappa shape index (κ3) is 5.60. The number of thiophene rings is 1. The van der Waals surface area contributed by atoms with Gasteiger partial charge in [-0.05, 0) is 50.9 Å². The number of methoxy groups -OCH3 is 1. The highest BCUT2D eigenvalue weighted by molar-refractivity contribution is 7.23. The number of ether oxygens (including phenoxy) is 2. The first-order chi connectivity index (χ1) is 24.1. The van der Waals surface area contributed by atoms with E-state index in [1.807, 2.05) is 6.92 Å². The minimum absolute atomic E-state index is 0.0654. The molecule has 0 saturated carbocycles. The maximum absolute atomic E-state index is 14.9. The van der Waals surface area contributed by atoms with Crippen LogP contribution < -0.4 is 15.4 Å². The van der Waals surface area contributed by atoms with Crippen molar-refractivity contribution in [2.45, 2.75) is 56.4 Å². The van der Waals surface area contributed by atoms with Crippen LogP contribution in [0.15, 0.2) is 31.0 Å². The number of fused-ring (bicyclic) bond motifs is 3. The molecule has 4 atom stereocenters. The molecule has 1 aromatic carbocycles. The fourth-order valence-corrected chi connectivity index (χ4v) is 9.39. The minimum atomic E-state index is -0.927. The number of likely N-dealkylation sites (tertiary alicyclic amines) is 1. The van der Waals surface area contributed by atoms with Gasteiger partial charge < -0.3 is 25.0 Å². The molecular weight excluding hydrogens is 686 g/mol. The average Bonchev–Trinajstić information content (AvgIpc) is 3.86. The Morgan fingerprint density at radius 3 is 2.92 bits per heavy atom. The maximum atomic E-state index is 14.9. The van der Waals surface area contributed by atoms with E-state index >= 15 is 0 Å². The fourth-order valence-electron chi connectivity index (χ4n) is 8.14. The number of nitrogens with two attached hydrogens (primary N) is 1. The number of benzene rings is 1. The largest absolute Gasteiger partial charge is 0.461 e. The van der Waals surface area contributed by atoms with Gasteiger partial charge in [-0.25, -0.2) is 8.78 Å². The number of hydrogen-bond acceptors (Lipinski definition) is 11. The number of likely N-dealkylation sites (N-methyl/N-ethyl adjacent to an activating group) is 1. The number of pyridine rings is 1. The highest BCUT2D eigenvalue weighted by atomic mass is 35.5. The zero-order chi connectivity index (χ0) is 35.3. The molecule has 3 aliphatic heterocycles. The van der Waals surface area contributed by atoms with Gasteiger partial charge in [0, 0.05) is 50.3 Å². The van der Waals surface area contributed by atoms with E-state index in [4.69, 9.17) is 41.8 Å². The number of anilines is 2. The van der Waals surface area contributed by atoms with E-state index in [1.54, 1.807) is 18.2 Å². The molecule has 3 aliphatic rings. The van der Waals surface area contributed by atoms with E-state index < -0.39 is 17.5 Å². The second kappa shape index (κ2) is 13.5. The Labute approximate surface area is 297 Å². The molecule has 2 N–H and O–H groups in total. The van der Waals surface area contributed by atoms with Crippen LogP contribution in [0.25, 0.3) is 32.2 Å². The second-order valence-corrected chi connectivity index (χ2v) is 14.5. The molecule has 3 fully saturated rings. The van der Waals surface area contributed by atoms with Crippen molar-refractivity contribution >= 4 is 60.7 Å². The standard InChI is InChI=1S/C35H37ClF2N8O3S/c1-4-26(47)46-12-9-24(25(46)17-48-3)45(5-2)33-22-15-41-29(20-7-8-23(38)31-27(20)21(14-39)32(40)50-31)28(36)30(22)42-34(43-33)49-18-35-10-6-11-44(35)16-19(37)13-35/h4,7-8,15,19,24-25H,1,5-6,9-13,16-18,40H2,2-3H3/t19-,24?,25?,35+/m1/s1. The van der Waals surface area contributed by atoms with Crippen LogP contribution in [0.3, 0.4) is 0 Å². The first kappa shape index (κ1) is 34.3. The van der Waals surface area contributed by atoms with Gasteiger partial charge in [-0.1, -0.05) is 18.2 Å². The van der Waals surface area contributed by atoms with E-state index in [1.165, 1.54) is 18.2 Å². The summed E-state index contributed by atoms with van der Waals surface area (Å²) in [5.74, 6) is -0.188. The van der Waals surface area contributed by atoms with Crippen LogP contribution in [0.2, 0.25) is 5.02 Å². The SMILES string of the molecule is C=CC(=O)N1CCC(N(CC)c2nc(OC[C@@]34CCCN3C[C@H](F)C4)nc3c(Cl)c(-c4ccc(F)c5sc(N)c(C#N)c45)ncc23)C1COC. The second-order valence-electron chi connectivity index (χ2n) is 13.0. The molecule has 4 aromatic rings. The molecule has 0 spiro atoms. The molecule has 0 bridgehead atoms. The van der Waals surface area contributed by atoms with Gasteiger partial charge in [-0.15, -0.1) is 11.3 Å². The van der Waals surface area contributed by atoms with Gasteiger partial charge in [0.2, 0.25) is 5.91 Å². The maximum Gasteiger partial charge on any atom is 0.319 e. The minimum Gasteiger partial charge on any atom is -0.461 e. The first-order valence-electron chi connectivity index (χ1n) is 16.6. The van der Waals surface area contributed by atoms with Crippen LogP contribution in [0.1, 0.15) is 38.2 Å². The molecule has 3 saturated heterocycles. The molecular formula is C35H37ClF2N8O3S. The van der Waals surface area contributed by atoms with Gasteiger partial charge in [0.25, 0.3) is 0 Å². The number of hydrogen-bond donors (Lipinski definition) is 1. The summed E-state index contributed by atoms with van der Waals surface area (Å²) in [5.41, 5.74) is 6.89. The highest BCUT2D eigenvalue weighted by Gasteiger charge is 2.49. The smallest absolute Gasteiger partial charge is 0.319 e. The lowest BCUT2D eigenvalue weighted by Gasteiger charge is -2.35. The Morgan fingerprint density at radius 1 is 1.36 bits per heavy atom. The molecule has 0 aliphatic carbocycles. The number of nitrogen functional groups attached to an aromatic ring is 1. The Balaban J connectivity index is 1.38. The summed E-state index contributed by atoms with van der Waals surface area (Å²) in [6.45, 7) is 8.38. The fraction of sp³-hybridized carbons (Fsp3) is 0.457. The summed E-state index contributed by atoms with van der Waals surface area (Å²) in [6, 6.07) is 4.51. The monoisotopic (exact) mass is 722 g/mol. The van der Waals surface area contributed by atoms with Crippen LogP contribution in [0, 0.1) is 17.1 Å². The Hall–Kier alpha value is -4.16. The normalized spacial score (nSPS) is 23.4. The van der Waals surface area contributed by atoms with Crippen molar-refractivity contribution in [1.29, 1.82) is 5.26 Å². The van der Waals surface area contributed by atoms with Gasteiger partial charge in [0.1, 0.15) is 41.0 Å². The number of amides is 1. The summed E-state index contributed by atoms with van der Waals surface area (Å²) in [6.07, 6.45) is 4.78. The van der Waals surface area contributed by atoms with Gasteiger partial charge in [0.15, 0.2) is 0 Å². The Kier molecular flexibility index (Phi) is 9.27. The van der Waals surface area contributed by atoms with E-state index in [9.17, 15) is 18.8 Å². The van der Waals surface area contributed by atoms with Crippen molar-refractivity contribution in [1.82, 2.24) is 24.8 Å². The zero-order valence-corrected chi connectivity index (χ0v) is 29.4. The lowest BCUT2D eigenvalue weighted by atomic mass is 9.95. The predicted octanol–water partition coefficient (Wildman–Crippen LogP) is 5.74. The number of alkyl halides is 1. The number of carbonyl (C=O) groups excluding carboxylic acids is 1. The molecule has 2 unspecified atom stereocenters. The quantitative estimate of drug-likeness (QED) is 0.202. The number of nitrogens with zero attached hydrogens (tertiary/aromatic N) is 7. The van der Waals surface area contributed by atoms with E-state index in [0.29, 0.717) is 66.8 Å². The van der Waals surface area contributed by atoms with Crippen molar-refractivity contribution in [3.63, 3.8) is 0 Å². The summed E-state index contributed by atoms with van der Waals surface area (Å²) in [4.78, 5) is 33.3. The van der Waals surface area contributed by atoms with Crippen LogP contribution in [0.5, 0.6) is 6.01 Å². The van der Waals surface area contributed by atoms with E-state index in [-0.39, 0.29) is 56.6 Å². The topological polar surface area (TPSA) is 134 Å². The Bertz CT molecular complexity index is 2040. The number of halogens is 3. The molecule has 6 heterocycles. The van der Waals surface area contributed by atoms with Crippen LogP contribution >= 0.6 is 22.9 Å². The number of nitriles is 1. The molecule has 1 amide bonds. The number of aromatic nitrogens is 3. The summed E-state index contributed by atoms with van der Waals surface area (Å²) in [7, 11) is 1.60. The molecule has 7 rings (SSSR count). The van der Waals surface area contributed by atoms with E-state index in [0.717, 1.165) is 30.7 Å². The van der Waals surface area contributed by atoms with E-state index in [2.05, 4.69) is 22.4 Å². The van der Waals surface area contributed by atoms with Crippen molar-refractivity contribution in [2.24, 2.45) is 0 Å². The molecule has 262 valence electrons. The van der Waals surface area contributed by atoms with Crippen molar-refractivity contribution < 1.29 is 23.0 Å². The molecule has 50 heavy (non-hydrogen) atoms. The first-order valence-corrected chi connectivity index (χ1v) is 17.8. The zero-order valence-electron chi connectivity index (χ0n) is 27.8. The Morgan fingerprint density at radius 2 is 2.18 bits per heavy atom. The lowest BCUT2D eigenvalue weighted by molar-refractivity contribution is -0.127. The van der Waals surface area contributed by atoms with Crippen molar-refractivity contribution in [3.8, 4) is 23.3 Å². The third-order valence-corrected chi connectivity index (χ3v) is 11.8. The summed E-state index contributed by atoms with van der Waals surface area (Å²) in [5, 5.41) is 11.1. The van der Waals surface area contributed by atoms with Gasteiger partial charge in [-0.3, -0.25) is 14.7 Å². The van der Waals surface area contributed by atoms with Crippen molar-refractivity contribution in [3.05, 3.63) is 47.4 Å². The van der Waals surface area contributed by atoms with Crippen molar-refractivity contribution in [2.75, 3.05) is 57.1 Å². The summed E-state index contributed by atoms with van der Waals surface area (Å²) >= 11 is 8.18. The van der Waals surface area contributed by atoms with Gasteiger partial charge in [0.05, 0.1) is 50.6 Å². The number of rotatable bonds is 10. The predicted molar refractivity (Wildman–Crippen MR) is 190 cm³/mol. The molecule has 11 nitrogen and oxygen atoms in total. The van der Waals surface area contributed by atoms with Crippen LogP contribution in [-0.4, -0.2) is 101 Å². The average molecular weight is 723 g/mol. The molecule has 0 radical (unpaired) electrons. The lowest BCUT2D eigenvalue weighted by Crippen LogP contribution is -2.49. The number of carbonyl (C=O) groups is 1. The third-order valence-electron chi connectivity index (χ3n) is 10.4. The van der Waals surface area contributed by atoms with Crippen LogP contribution in [-0.2, 0) is 9.53 Å². The van der Waals surface area contributed by atoms with Gasteiger partial charge in [-0.2, -0.15) is 15.2 Å². The molecule has 15 heteroatoms. The molecule has 3 aromatic heterocycles. The van der Waals surface area contributed by atoms with Crippen LogP contribution in [0.4, 0.5) is 19.6 Å². The summed E-state index contributed by atoms with van der Waals surface area (Å²) < 4.78 is 41.8. The highest BCUT2D eigenvalue weighted by Crippen LogP contribution is 2.45.